The van der Waals surface area contributed by atoms with E-state index in [4.69, 9.17) is 0 Å². The van der Waals surface area contributed by atoms with Crippen molar-refractivity contribution < 1.29 is 4.39 Å². The van der Waals surface area contributed by atoms with Gasteiger partial charge in [0.1, 0.15) is 11.5 Å². The van der Waals surface area contributed by atoms with E-state index in [1.54, 1.807) is 10.9 Å². The Balaban J connectivity index is 1.68. The second-order valence-electron chi connectivity index (χ2n) is 6.10. The van der Waals surface area contributed by atoms with Gasteiger partial charge in [0.05, 0.1) is 6.20 Å². The van der Waals surface area contributed by atoms with Crippen LogP contribution in [0.5, 0.6) is 0 Å². The molecule has 4 nitrogen and oxygen atoms in total. The van der Waals surface area contributed by atoms with Gasteiger partial charge in [0, 0.05) is 36.1 Å². The third kappa shape index (κ3) is 2.59. The highest BCUT2D eigenvalue weighted by atomic mass is 19.1. The number of halogens is 1. The smallest absolute Gasteiger partial charge is 0.150 e. The molecular formula is C18H17FN4. The Morgan fingerprint density at radius 3 is 2.74 bits per heavy atom. The van der Waals surface area contributed by atoms with E-state index in [0.29, 0.717) is 24.4 Å². The average Bonchev–Trinajstić information content (AvgIpc) is 3.15. The second-order valence-corrected chi connectivity index (χ2v) is 6.10. The van der Waals surface area contributed by atoms with Crippen LogP contribution in [0.15, 0.2) is 55.1 Å². The summed E-state index contributed by atoms with van der Waals surface area (Å²) < 4.78 is 15.8. The van der Waals surface area contributed by atoms with Crippen LogP contribution in [0.3, 0.4) is 0 Å². The lowest BCUT2D eigenvalue weighted by atomic mass is 10.1. The summed E-state index contributed by atoms with van der Waals surface area (Å²) in [4.78, 5) is 4.34. The third-order valence-electron chi connectivity index (χ3n) is 4.27. The molecule has 2 aromatic heterocycles. The Hall–Kier alpha value is -2.69. The highest BCUT2D eigenvalue weighted by molar-refractivity contribution is 5.88. The monoisotopic (exact) mass is 308 g/mol. The van der Waals surface area contributed by atoms with Crippen molar-refractivity contribution in [2.75, 3.05) is 5.32 Å². The standard InChI is InChI=1S/C18H17FN4/c1-12(18(19)5-6-18)22-17-8-15-7-13(3-4-14(15)9-20-17)16-10-21-23(2)11-16/h3-4,7-11H,1,5-6H2,2H3,(H,20,22). The summed E-state index contributed by atoms with van der Waals surface area (Å²) >= 11 is 0. The summed E-state index contributed by atoms with van der Waals surface area (Å²) in [5, 5.41) is 9.28. The zero-order valence-corrected chi connectivity index (χ0v) is 12.9. The number of alkyl halides is 1. The maximum Gasteiger partial charge on any atom is 0.150 e. The van der Waals surface area contributed by atoms with E-state index < -0.39 is 5.67 Å². The zero-order valence-electron chi connectivity index (χ0n) is 12.9. The lowest BCUT2D eigenvalue weighted by Gasteiger charge is -2.12. The van der Waals surface area contributed by atoms with Crippen LogP contribution in [0.1, 0.15) is 12.8 Å². The Labute approximate surface area is 133 Å². The predicted molar refractivity (Wildman–Crippen MR) is 89.8 cm³/mol. The third-order valence-corrected chi connectivity index (χ3v) is 4.27. The molecule has 1 aliphatic rings. The van der Waals surface area contributed by atoms with Crippen molar-refractivity contribution in [1.82, 2.24) is 14.8 Å². The van der Waals surface area contributed by atoms with Gasteiger partial charge < -0.3 is 5.32 Å². The normalized spacial score (nSPS) is 15.6. The number of pyridine rings is 1. The number of rotatable bonds is 4. The zero-order chi connectivity index (χ0) is 16.0. The number of aromatic nitrogens is 3. The summed E-state index contributed by atoms with van der Waals surface area (Å²) in [6, 6.07) is 8.09. The van der Waals surface area contributed by atoms with Crippen LogP contribution in [0.2, 0.25) is 0 Å². The first-order chi connectivity index (χ1) is 11.0. The van der Waals surface area contributed by atoms with E-state index in [1.807, 2.05) is 37.6 Å². The van der Waals surface area contributed by atoms with Gasteiger partial charge in [-0.2, -0.15) is 5.10 Å². The fourth-order valence-corrected chi connectivity index (χ4v) is 2.64. The number of nitrogens with one attached hydrogen (secondary N) is 1. The number of nitrogens with zero attached hydrogens (tertiary/aromatic N) is 3. The van der Waals surface area contributed by atoms with E-state index in [1.165, 1.54) is 0 Å². The molecule has 0 bridgehead atoms. The summed E-state index contributed by atoms with van der Waals surface area (Å²) in [6.45, 7) is 3.79. The first-order valence-electron chi connectivity index (χ1n) is 7.58. The molecule has 1 aliphatic carbocycles. The molecule has 0 saturated heterocycles. The quantitative estimate of drug-likeness (QED) is 0.790. The van der Waals surface area contributed by atoms with Gasteiger partial charge in [0.2, 0.25) is 0 Å². The molecule has 0 radical (unpaired) electrons. The van der Waals surface area contributed by atoms with Gasteiger partial charge in [0.25, 0.3) is 0 Å². The molecule has 0 atom stereocenters. The van der Waals surface area contributed by atoms with Crippen molar-refractivity contribution >= 4 is 16.6 Å². The fraction of sp³-hybridized carbons (Fsp3) is 0.222. The molecule has 23 heavy (non-hydrogen) atoms. The van der Waals surface area contributed by atoms with Crippen LogP contribution in [0.4, 0.5) is 10.2 Å². The first kappa shape index (κ1) is 13.9. The highest BCUT2D eigenvalue weighted by Crippen LogP contribution is 2.45. The maximum atomic E-state index is 14.0. The Kier molecular flexibility index (Phi) is 2.98. The second kappa shape index (κ2) is 4.91. The van der Waals surface area contributed by atoms with Crippen molar-refractivity contribution in [1.29, 1.82) is 0 Å². The number of hydrogen-bond donors (Lipinski definition) is 1. The maximum absolute atomic E-state index is 14.0. The van der Waals surface area contributed by atoms with E-state index in [0.717, 1.165) is 21.9 Å². The minimum Gasteiger partial charge on any atom is -0.341 e. The van der Waals surface area contributed by atoms with Crippen molar-refractivity contribution in [3.05, 3.63) is 55.1 Å². The summed E-state index contributed by atoms with van der Waals surface area (Å²) in [5.74, 6) is 0.620. The fourth-order valence-electron chi connectivity index (χ4n) is 2.64. The Bertz CT molecular complexity index is 908. The Morgan fingerprint density at radius 1 is 1.22 bits per heavy atom. The summed E-state index contributed by atoms with van der Waals surface area (Å²) in [5.41, 5.74) is 1.29. The van der Waals surface area contributed by atoms with Crippen LogP contribution < -0.4 is 5.32 Å². The predicted octanol–water partition coefficient (Wildman–Crippen LogP) is 4.06. The van der Waals surface area contributed by atoms with Crippen LogP contribution in [0, 0.1) is 0 Å². The van der Waals surface area contributed by atoms with Crippen molar-refractivity contribution in [2.45, 2.75) is 18.5 Å². The van der Waals surface area contributed by atoms with Crippen molar-refractivity contribution in [3.8, 4) is 11.1 Å². The summed E-state index contributed by atoms with van der Waals surface area (Å²) in [6.07, 6.45) is 6.68. The minimum atomic E-state index is -1.26. The molecule has 4 rings (SSSR count). The van der Waals surface area contributed by atoms with E-state index in [-0.39, 0.29) is 0 Å². The SMILES string of the molecule is C=C(Nc1cc2cc(-c3cnn(C)c3)ccc2cn1)C1(F)CC1. The van der Waals surface area contributed by atoms with Crippen LogP contribution in [-0.4, -0.2) is 20.4 Å². The molecule has 5 heteroatoms. The average molecular weight is 308 g/mol. The summed E-state index contributed by atoms with van der Waals surface area (Å²) in [7, 11) is 1.90. The first-order valence-corrected chi connectivity index (χ1v) is 7.58. The number of aryl methyl sites for hydroxylation is 1. The van der Waals surface area contributed by atoms with Gasteiger partial charge >= 0.3 is 0 Å². The van der Waals surface area contributed by atoms with E-state index in [9.17, 15) is 4.39 Å². The molecular weight excluding hydrogens is 291 g/mol. The van der Waals surface area contributed by atoms with E-state index in [2.05, 4.69) is 28.0 Å². The molecule has 2 heterocycles. The lowest BCUT2D eigenvalue weighted by Crippen LogP contribution is -2.12. The Morgan fingerprint density at radius 2 is 2.04 bits per heavy atom. The van der Waals surface area contributed by atoms with Gasteiger partial charge in [-0.1, -0.05) is 18.7 Å². The largest absolute Gasteiger partial charge is 0.341 e. The molecule has 0 aliphatic heterocycles. The topological polar surface area (TPSA) is 42.7 Å². The number of hydrogen-bond acceptors (Lipinski definition) is 3. The highest BCUT2D eigenvalue weighted by Gasteiger charge is 2.46. The number of fused-ring (bicyclic) bond motifs is 1. The van der Waals surface area contributed by atoms with Gasteiger partial charge in [0.15, 0.2) is 0 Å². The lowest BCUT2D eigenvalue weighted by molar-refractivity contribution is 0.363. The van der Waals surface area contributed by atoms with Gasteiger partial charge in [-0.3, -0.25) is 4.68 Å². The molecule has 0 amide bonds. The molecule has 3 aromatic rings. The van der Waals surface area contributed by atoms with Gasteiger partial charge in [-0.15, -0.1) is 0 Å². The number of allylic oxidation sites excluding steroid dienone is 1. The van der Waals surface area contributed by atoms with Crippen molar-refractivity contribution in [2.24, 2.45) is 7.05 Å². The van der Waals surface area contributed by atoms with Crippen molar-refractivity contribution in [3.63, 3.8) is 0 Å². The van der Waals surface area contributed by atoms with Gasteiger partial charge in [-0.25, -0.2) is 9.37 Å². The number of benzene rings is 1. The minimum absolute atomic E-state index is 0.396. The van der Waals surface area contributed by atoms with Crippen LogP contribution in [-0.2, 0) is 7.05 Å². The van der Waals surface area contributed by atoms with Crippen LogP contribution in [0.25, 0.3) is 21.9 Å². The molecule has 1 saturated carbocycles. The molecule has 0 spiro atoms. The molecule has 0 unspecified atom stereocenters. The molecule has 1 fully saturated rings. The molecule has 1 aromatic carbocycles. The molecule has 116 valence electrons. The molecule has 1 N–H and O–H groups in total. The number of anilines is 1. The van der Waals surface area contributed by atoms with Crippen LogP contribution >= 0.6 is 0 Å². The van der Waals surface area contributed by atoms with Gasteiger partial charge in [-0.05, 0) is 35.9 Å². The van der Waals surface area contributed by atoms with E-state index >= 15 is 0 Å².